The minimum atomic E-state index is -2.20. The third kappa shape index (κ3) is 4.27. The standard InChI is InChI=1S/C7H3F5O.C2H4O.CH3F/c1-13-7-5(11)3(9)2(8)4(10)6(7)12;1-2-3;1-2/h1H3;2H,1H3;1H3. The third-order valence-electron chi connectivity index (χ3n) is 1.37. The summed E-state index contributed by atoms with van der Waals surface area (Å²) >= 11 is 0. The van der Waals surface area contributed by atoms with Crippen LogP contribution in [0.25, 0.3) is 0 Å². The Bertz CT molecular complexity index is 365. The number of carbonyl (C=O) groups excluding carboxylic acids is 1. The SMILES string of the molecule is CC=O.CF.COc1c(F)c(F)c(F)c(F)c1F. The normalized spacial score (nSPS) is 8.50. The van der Waals surface area contributed by atoms with Crippen molar-refractivity contribution in [2.45, 2.75) is 6.92 Å². The summed E-state index contributed by atoms with van der Waals surface area (Å²) in [4.78, 5) is 8.81. The van der Waals surface area contributed by atoms with E-state index in [0.717, 1.165) is 13.4 Å². The first-order valence-electron chi connectivity index (χ1n) is 4.25. The lowest BCUT2D eigenvalue weighted by Crippen LogP contribution is -2.04. The van der Waals surface area contributed by atoms with Gasteiger partial charge >= 0.3 is 0 Å². The number of halogens is 6. The zero-order valence-corrected chi connectivity index (χ0v) is 9.66. The van der Waals surface area contributed by atoms with Gasteiger partial charge < -0.3 is 9.53 Å². The van der Waals surface area contributed by atoms with Crippen LogP contribution in [0.5, 0.6) is 5.75 Å². The van der Waals surface area contributed by atoms with Gasteiger partial charge in [0.2, 0.25) is 29.1 Å². The fourth-order valence-corrected chi connectivity index (χ4v) is 0.764. The van der Waals surface area contributed by atoms with Gasteiger partial charge in [0.15, 0.2) is 5.75 Å². The molecule has 8 heteroatoms. The second kappa shape index (κ2) is 9.32. The maximum atomic E-state index is 12.6. The number of aldehydes is 1. The Morgan fingerprint density at radius 2 is 1.06 bits per heavy atom. The molecule has 0 fully saturated rings. The van der Waals surface area contributed by atoms with Crippen LogP contribution in [0.1, 0.15) is 6.92 Å². The van der Waals surface area contributed by atoms with E-state index in [4.69, 9.17) is 4.79 Å². The molecule has 1 aromatic rings. The van der Waals surface area contributed by atoms with E-state index in [-0.39, 0.29) is 0 Å². The molecule has 0 radical (unpaired) electrons. The summed E-state index contributed by atoms with van der Waals surface area (Å²) in [7, 11) is 1.30. The highest BCUT2D eigenvalue weighted by Gasteiger charge is 2.26. The van der Waals surface area contributed by atoms with E-state index in [0.29, 0.717) is 7.18 Å². The molecule has 2 nitrogen and oxygen atoms in total. The molecule has 18 heavy (non-hydrogen) atoms. The van der Waals surface area contributed by atoms with Gasteiger partial charge in [-0.15, -0.1) is 0 Å². The lowest BCUT2D eigenvalue weighted by Gasteiger charge is -2.05. The Morgan fingerprint density at radius 1 is 0.833 bits per heavy atom. The monoisotopic (exact) mass is 276 g/mol. The molecule has 1 rings (SSSR count). The number of benzene rings is 1. The highest BCUT2D eigenvalue weighted by molar-refractivity contribution is 5.44. The molecule has 0 heterocycles. The first-order chi connectivity index (χ1) is 8.42. The van der Waals surface area contributed by atoms with Crippen molar-refractivity contribution in [2.75, 3.05) is 14.3 Å². The predicted octanol–water partition coefficient (Wildman–Crippen LogP) is 3.18. The molecule has 0 unspecified atom stereocenters. The first-order valence-corrected chi connectivity index (χ1v) is 4.25. The lowest BCUT2D eigenvalue weighted by molar-refractivity contribution is -0.106. The van der Waals surface area contributed by atoms with Gasteiger partial charge in [-0.1, -0.05) is 0 Å². The number of hydrogen-bond donors (Lipinski definition) is 0. The van der Waals surface area contributed by atoms with E-state index in [9.17, 15) is 26.3 Å². The highest BCUT2D eigenvalue weighted by Crippen LogP contribution is 2.28. The van der Waals surface area contributed by atoms with Crippen LogP contribution in [0.15, 0.2) is 0 Å². The smallest absolute Gasteiger partial charge is 0.206 e. The van der Waals surface area contributed by atoms with Crippen molar-refractivity contribution in [1.29, 1.82) is 0 Å². The van der Waals surface area contributed by atoms with Gasteiger partial charge in [-0.25, -0.2) is 13.2 Å². The van der Waals surface area contributed by atoms with E-state index in [2.05, 4.69) is 4.74 Å². The lowest BCUT2D eigenvalue weighted by atomic mass is 10.3. The molecule has 0 aliphatic heterocycles. The Hall–Kier alpha value is -1.73. The average Bonchev–Trinajstić information content (AvgIpc) is 2.38. The molecule has 1 aromatic carbocycles. The fraction of sp³-hybridized carbons (Fsp3) is 0.300. The molecule has 0 aliphatic carbocycles. The maximum Gasteiger partial charge on any atom is 0.206 e. The number of hydrogen-bond acceptors (Lipinski definition) is 2. The van der Waals surface area contributed by atoms with Gasteiger partial charge in [0.05, 0.1) is 14.3 Å². The fourth-order valence-electron chi connectivity index (χ4n) is 0.764. The number of methoxy groups -OCH3 is 1. The zero-order valence-electron chi connectivity index (χ0n) is 9.66. The average molecular weight is 276 g/mol. The van der Waals surface area contributed by atoms with E-state index in [1.54, 1.807) is 0 Å². The quantitative estimate of drug-likeness (QED) is 0.341. The van der Waals surface area contributed by atoms with Crippen molar-refractivity contribution in [3.63, 3.8) is 0 Å². The molecule has 0 saturated carbocycles. The Morgan fingerprint density at radius 3 is 1.28 bits per heavy atom. The highest BCUT2D eigenvalue weighted by atomic mass is 19.2. The van der Waals surface area contributed by atoms with Crippen molar-refractivity contribution < 1.29 is 35.9 Å². The second-order valence-corrected chi connectivity index (χ2v) is 2.34. The zero-order chi connectivity index (χ0) is 14.9. The van der Waals surface area contributed by atoms with Crippen LogP contribution in [0.4, 0.5) is 26.3 Å². The van der Waals surface area contributed by atoms with Gasteiger partial charge in [-0.3, -0.25) is 4.39 Å². The number of carbonyl (C=O) groups is 1. The summed E-state index contributed by atoms with van der Waals surface area (Å²) in [5.74, 6) is -11.5. The van der Waals surface area contributed by atoms with E-state index in [1.165, 1.54) is 6.92 Å². The minimum Gasteiger partial charge on any atom is -0.491 e. The van der Waals surface area contributed by atoms with E-state index >= 15 is 0 Å². The number of alkyl halides is 1. The molecule has 0 aliphatic rings. The molecular formula is C10H10F6O2. The van der Waals surface area contributed by atoms with Crippen molar-refractivity contribution in [2.24, 2.45) is 0 Å². The van der Waals surface area contributed by atoms with Gasteiger partial charge in [0.25, 0.3) is 0 Å². The first kappa shape index (κ1) is 18.6. The van der Waals surface area contributed by atoms with Crippen LogP contribution in [0.2, 0.25) is 0 Å². The van der Waals surface area contributed by atoms with Crippen LogP contribution >= 0.6 is 0 Å². The van der Waals surface area contributed by atoms with Crippen LogP contribution in [-0.4, -0.2) is 20.6 Å². The molecule has 0 amide bonds. The number of rotatable bonds is 1. The second-order valence-electron chi connectivity index (χ2n) is 2.34. The summed E-state index contributed by atoms with van der Waals surface area (Å²) in [6.07, 6.45) is 0.750. The Labute approximate surface area is 99.2 Å². The van der Waals surface area contributed by atoms with E-state index < -0.39 is 34.8 Å². The molecule has 0 saturated heterocycles. The molecule has 0 N–H and O–H groups in total. The summed E-state index contributed by atoms with van der Waals surface area (Å²) in [5.41, 5.74) is 0. The molecular weight excluding hydrogens is 266 g/mol. The molecule has 0 bridgehead atoms. The Kier molecular flexibility index (Phi) is 9.64. The molecule has 104 valence electrons. The van der Waals surface area contributed by atoms with Crippen LogP contribution in [0, 0.1) is 29.1 Å². The summed E-state index contributed by atoms with van der Waals surface area (Å²) in [6, 6.07) is 0. The largest absolute Gasteiger partial charge is 0.491 e. The van der Waals surface area contributed by atoms with Crippen molar-refractivity contribution >= 4 is 6.29 Å². The Balaban J connectivity index is 0. The van der Waals surface area contributed by atoms with Gasteiger partial charge in [0, 0.05) is 0 Å². The van der Waals surface area contributed by atoms with Crippen molar-refractivity contribution in [3.8, 4) is 5.75 Å². The van der Waals surface area contributed by atoms with Crippen molar-refractivity contribution in [1.82, 2.24) is 0 Å². The van der Waals surface area contributed by atoms with Crippen LogP contribution in [-0.2, 0) is 4.79 Å². The minimum absolute atomic E-state index is 0.500. The van der Waals surface area contributed by atoms with Crippen LogP contribution in [0.3, 0.4) is 0 Å². The predicted molar refractivity (Wildman–Crippen MR) is 51.6 cm³/mol. The number of ether oxygens (including phenoxy) is 1. The van der Waals surface area contributed by atoms with Gasteiger partial charge in [-0.05, 0) is 6.92 Å². The topological polar surface area (TPSA) is 26.3 Å². The van der Waals surface area contributed by atoms with E-state index in [1.807, 2.05) is 0 Å². The van der Waals surface area contributed by atoms with Crippen molar-refractivity contribution in [3.05, 3.63) is 29.1 Å². The van der Waals surface area contributed by atoms with Gasteiger partial charge in [0.1, 0.15) is 6.29 Å². The summed E-state index contributed by atoms with van der Waals surface area (Å²) in [5, 5.41) is 0. The van der Waals surface area contributed by atoms with Gasteiger partial charge in [-0.2, -0.15) is 8.78 Å². The third-order valence-corrected chi connectivity index (χ3v) is 1.37. The summed E-state index contributed by atoms with van der Waals surface area (Å²) < 4.78 is 75.7. The van der Waals surface area contributed by atoms with Crippen LogP contribution < -0.4 is 4.74 Å². The summed E-state index contributed by atoms with van der Waals surface area (Å²) in [6.45, 7) is 1.44. The maximum absolute atomic E-state index is 12.6. The molecule has 0 atom stereocenters. The molecule has 0 aromatic heterocycles. The molecule has 0 spiro atoms.